The molecule has 1 aromatic heterocycles. The highest BCUT2D eigenvalue weighted by atomic mass is 35.5. The third-order valence-corrected chi connectivity index (χ3v) is 5.42. The first-order valence-electron chi connectivity index (χ1n) is 9.64. The van der Waals surface area contributed by atoms with Gasteiger partial charge in [-0.1, -0.05) is 41.9 Å². The standard InChI is InChI=1S/C23H22ClN3O2/c1-15(2)27(13-20-19-6-4-3-5-16(19)9-12-21(20)28)14-22-25-26-23(29-22)17-7-10-18(24)11-8-17/h3-12,15,28H,13-14H2,1-2H3/p+1. The van der Waals surface area contributed by atoms with E-state index < -0.39 is 0 Å². The summed E-state index contributed by atoms with van der Waals surface area (Å²) < 4.78 is 5.90. The lowest BCUT2D eigenvalue weighted by Gasteiger charge is -2.23. The number of halogens is 1. The predicted octanol–water partition coefficient (Wildman–Crippen LogP) is 4.24. The molecule has 0 fully saturated rings. The van der Waals surface area contributed by atoms with Gasteiger partial charge in [0.15, 0.2) is 6.54 Å². The summed E-state index contributed by atoms with van der Waals surface area (Å²) in [5.74, 6) is 1.36. The molecule has 0 saturated heterocycles. The van der Waals surface area contributed by atoms with Gasteiger partial charge in [-0.15, -0.1) is 10.2 Å². The van der Waals surface area contributed by atoms with E-state index in [1.807, 2.05) is 36.4 Å². The molecule has 148 valence electrons. The van der Waals surface area contributed by atoms with Crippen molar-refractivity contribution in [2.75, 3.05) is 0 Å². The van der Waals surface area contributed by atoms with E-state index in [0.29, 0.717) is 41.7 Å². The number of rotatable bonds is 6. The second kappa shape index (κ2) is 8.23. The Labute approximate surface area is 174 Å². The normalized spacial score (nSPS) is 12.6. The quantitative estimate of drug-likeness (QED) is 0.500. The van der Waals surface area contributed by atoms with E-state index in [9.17, 15) is 5.11 Å². The summed E-state index contributed by atoms with van der Waals surface area (Å²) in [7, 11) is 0. The summed E-state index contributed by atoms with van der Waals surface area (Å²) in [5.41, 5.74) is 1.77. The lowest BCUT2D eigenvalue weighted by Crippen LogP contribution is -3.12. The minimum Gasteiger partial charge on any atom is -0.507 e. The van der Waals surface area contributed by atoms with Gasteiger partial charge in [0, 0.05) is 10.6 Å². The van der Waals surface area contributed by atoms with Gasteiger partial charge >= 0.3 is 0 Å². The van der Waals surface area contributed by atoms with Crippen LogP contribution in [-0.2, 0) is 13.1 Å². The first-order valence-corrected chi connectivity index (χ1v) is 10.0. The molecule has 2 N–H and O–H groups in total. The highest BCUT2D eigenvalue weighted by Gasteiger charge is 2.21. The number of fused-ring (bicyclic) bond motifs is 1. The summed E-state index contributed by atoms with van der Waals surface area (Å²) in [6.45, 7) is 5.52. The molecule has 4 rings (SSSR count). The number of aromatic hydroxyl groups is 1. The minimum atomic E-state index is 0.305. The van der Waals surface area contributed by atoms with Crippen molar-refractivity contribution in [2.45, 2.75) is 33.0 Å². The van der Waals surface area contributed by atoms with Crippen LogP contribution in [0.2, 0.25) is 5.02 Å². The SMILES string of the molecule is CC(C)[NH+](Cc1nnc(-c2ccc(Cl)cc2)o1)Cc1c(O)ccc2ccccc12. The Hall–Kier alpha value is -2.89. The molecular formula is C23H23ClN3O2+. The Kier molecular flexibility index (Phi) is 5.51. The molecule has 0 aliphatic carbocycles. The minimum absolute atomic E-state index is 0.305. The van der Waals surface area contributed by atoms with E-state index in [-0.39, 0.29) is 0 Å². The number of phenols is 1. The van der Waals surface area contributed by atoms with Crippen molar-refractivity contribution in [1.29, 1.82) is 0 Å². The maximum absolute atomic E-state index is 10.5. The fourth-order valence-electron chi connectivity index (χ4n) is 3.44. The molecule has 3 aromatic carbocycles. The van der Waals surface area contributed by atoms with Crippen molar-refractivity contribution in [3.05, 3.63) is 77.1 Å². The second-order valence-electron chi connectivity index (χ2n) is 7.46. The van der Waals surface area contributed by atoms with Gasteiger partial charge in [0.25, 0.3) is 5.89 Å². The Morgan fingerprint density at radius 1 is 0.966 bits per heavy atom. The molecular weight excluding hydrogens is 386 g/mol. The van der Waals surface area contributed by atoms with Gasteiger partial charge in [0.2, 0.25) is 5.89 Å². The smallest absolute Gasteiger partial charge is 0.271 e. The van der Waals surface area contributed by atoms with Gasteiger partial charge in [-0.05, 0) is 55.0 Å². The van der Waals surface area contributed by atoms with E-state index in [1.165, 1.54) is 4.90 Å². The molecule has 0 spiro atoms. The van der Waals surface area contributed by atoms with Crippen LogP contribution >= 0.6 is 11.6 Å². The summed E-state index contributed by atoms with van der Waals surface area (Å²) in [6, 6.07) is 19.5. The molecule has 1 unspecified atom stereocenters. The van der Waals surface area contributed by atoms with Crippen molar-refractivity contribution < 1.29 is 14.4 Å². The van der Waals surface area contributed by atoms with E-state index in [2.05, 4.69) is 30.1 Å². The summed E-state index contributed by atoms with van der Waals surface area (Å²) >= 11 is 5.95. The maximum Gasteiger partial charge on any atom is 0.271 e. The largest absolute Gasteiger partial charge is 0.507 e. The van der Waals surface area contributed by atoms with Crippen LogP contribution in [0.25, 0.3) is 22.2 Å². The van der Waals surface area contributed by atoms with E-state index >= 15 is 0 Å². The van der Waals surface area contributed by atoms with Crippen LogP contribution in [0, 0.1) is 0 Å². The number of hydrogen-bond donors (Lipinski definition) is 2. The average molecular weight is 409 g/mol. The highest BCUT2D eigenvalue weighted by molar-refractivity contribution is 6.30. The lowest BCUT2D eigenvalue weighted by atomic mass is 10.0. The molecule has 0 bridgehead atoms. The molecule has 6 heteroatoms. The molecule has 5 nitrogen and oxygen atoms in total. The summed E-state index contributed by atoms with van der Waals surface area (Å²) in [5, 5.41) is 21.8. The summed E-state index contributed by atoms with van der Waals surface area (Å²) in [4.78, 5) is 1.22. The molecule has 0 amide bonds. The number of hydrogen-bond acceptors (Lipinski definition) is 4. The van der Waals surface area contributed by atoms with Crippen molar-refractivity contribution in [1.82, 2.24) is 10.2 Å². The zero-order valence-corrected chi connectivity index (χ0v) is 17.1. The van der Waals surface area contributed by atoms with Crippen LogP contribution in [0.5, 0.6) is 5.75 Å². The predicted molar refractivity (Wildman–Crippen MR) is 114 cm³/mol. The molecule has 0 aliphatic heterocycles. The molecule has 0 aliphatic rings. The van der Waals surface area contributed by atoms with E-state index in [4.69, 9.17) is 16.0 Å². The molecule has 0 radical (unpaired) electrons. The molecule has 1 atom stereocenters. The third kappa shape index (κ3) is 4.26. The van der Waals surface area contributed by atoms with Crippen LogP contribution in [0.15, 0.2) is 65.1 Å². The van der Waals surface area contributed by atoms with Crippen molar-refractivity contribution >= 4 is 22.4 Å². The number of nitrogens with one attached hydrogen (secondary N) is 1. The van der Waals surface area contributed by atoms with Gasteiger partial charge in [0.05, 0.1) is 11.6 Å². The average Bonchev–Trinajstić information content (AvgIpc) is 3.18. The molecule has 4 aromatic rings. The van der Waals surface area contributed by atoms with Gasteiger partial charge in [-0.25, -0.2) is 0 Å². The lowest BCUT2D eigenvalue weighted by molar-refractivity contribution is -0.949. The van der Waals surface area contributed by atoms with Crippen molar-refractivity contribution in [3.8, 4) is 17.2 Å². The van der Waals surface area contributed by atoms with Crippen LogP contribution in [0.4, 0.5) is 0 Å². The molecule has 29 heavy (non-hydrogen) atoms. The van der Waals surface area contributed by atoms with Crippen molar-refractivity contribution in [2.24, 2.45) is 0 Å². The van der Waals surface area contributed by atoms with E-state index in [1.54, 1.807) is 18.2 Å². The fraction of sp³-hybridized carbons (Fsp3) is 0.217. The van der Waals surface area contributed by atoms with Gasteiger partial charge in [-0.2, -0.15) is 0 Å². The Morgan fingerprint density at radius 2 is 1.72 bits per heavy atom. The zero-order chi connectivity index (χ0) is 20.4. The number of quaternary nitrogens is 1. The van der Waals surface area contributed by atoms with Gasteiger partial charge in [0.1, 0.15) is 12.3 Å². The number of aromatic nitrogens is 2. The highest BCUT2D eigenvalue weighted by Crippen LogP contribution is 2.26. The van der Waals surface area contributed by atoms with Crippen LogP contribution < -0.4 is 4.90 Å². The van der Waals surface area contributed by atoms with E-state index in [0.717, 1.165) is 21.9 Å². The number of nitrogens with zero attached hydrogens (tertiary/aromatic N) is 2. The topological polar surface area (TPSA) is 63.6 Å². The van der Waals surface area contributed by atoms with Crippen molar-refractivity contribution in [3.63, 3.8) is 0 Å². The molecule has 1 heterocycles. The van der Waals surface area contributed by atoms with Gasteiger partial charge in [-0.3, -0.25) is 0 Å². The monoisotopic (exact) mass is 408 g/mol. The summed E-state index contributed by atoms with van der Waals surface area (Å²) in [6.07, 6.45) is 0. The maximum atomic E-state index is 10.5. The molecule has 0 saturated carbocycles. The Balaban J connectivity index is 1.59. The van der Waals surface area contributed by atoms with Crippen LogP contribution in [0.1, 0.15) is 25.3 Å². The second-order valence-corrected chi connectivity index (χ2v) is 7.90. The first-order chi connectivity index (χ1) is 14.0. The van der Waals surface area contributed by atoms with Crippen LogP contribution in [0.3, 0.4) is 0 Å². The Morgan fingerprint density at radius 3 is 2.48 bits per heavy atom. The number of phenolic OH excluding ortho intramolecular Hbond substituents is 1. The van der Waals surface area contributed by atoms with Gasteiger partial charge < -0.3 is 14.4 Å². The fourth-order valence-corrected chi connectivity index (χ4v) is 3.56. The Bertz CT molecular complexity index is 1120. The first kappa shape index (κ1) is 19.4. The third-order valence-electron chi connectivity index (χ3n) is 5.17. The van der Waals surface area contributed by atoms with Crippen LogP contribution in [-0.4, -0.2) is 21.3 Å². The number of benzene rings is 3. The zero-order valence-electron chi connectivity index (χ0n) is 16.4.